The van der Waals surface area contributed by atoms with Gasteiger partial charge in [0.1, 0.15) is 12.6 Å². The Bertz CT molecular complexity index is 1750. The molecule has 0 radical (unpaired) electrons. The minimum absolute atomic E-state index is 0.00409. The number of Topliss-reactive ketones (excluding diaryl/α,β-unsaturated/α-hetero) is 2. The zero-order chi connectivity index (χ0) is 32.6. The highest BCUT2D eigenvalue weighted by Gasteiger charge is 2.57. The first-order chi connectivity index (χ1) is 22.2. The van der Waals surface area contributed by atoms with Crippen molar-refractivity contribution in [3.8, 4) is 11.1 Å². The molecular formula is C36H34N2O7S. The molecule has 0 aromatic heterocycles. The summed E-state index contributed by atoms with van der Waals surface area (Å²) in [6.07, 6.45) is -0.560. The molecule has 3 aromatic rings. The predicted molar refractivity (Wildman–Crippen MR) is 174 cm³/mol. The zero-order valence-corrected chi connectivity index (χ0v) is 26.6. The second-order valence-electron chi connectivity index (χ2n) is 12.0. The first kappa shape index (κ1) is 31.3. The van der Waals surface area contributed by atoms with Crippen LogP contribution < -0.4 is 10.6 Å². The number of alkyl carbamates (subject to hydrolysis) is 1. The largest absolute Gasteiger partial charge is 0.464 e. The number of ketones is 2. The number of amides is 2. The molecule has 236 valence electrons. The first-order valence-corrected chi connectivity index (χ1v) is 16.3. The highest BCUT2D eigenvalue weighted by Crippen LogP contribution is 2.47. The number of allylic oxidation sites excluding steroid dienone is 1. The van der Waals surface area contributed by atoms with Gasteiger partial charge in [0.15, 0.2) is 11.3 Å². The lowest BCUT2D eigenvalue weighted by Gasteiger charge is -2.33. The summed E-state index contributed by atoms with van der Waals surface area (Å²) < 4.78 is 11.1. The molecule has 46 heavy (non-hydrogen) atoms. The number of carbonyl (C=O) groups is 5. The van der Waals surface area contributed by atoms with Crippen molar-refractivity contribution in [1.82, 2.24) is 10.6 Å². The molecule has 6 rings (SSSR count). The van der Waals surface area contributed by atoms with Gasteiger partial charge < -0.3 is 20.1 Å². The Morgan fingerprint density at radius 3 is 2.00 bits per heavy atom. The number of carbonyl (C=O) groups excluding carboxylic acids is 5. The van der Waals surface area contributed by atoms with Crippen LogP contribution in [0.15, 0.2) is 83.3 Å². The van der Waals surface area contributed by atoms with Gasteiger partial charge in [-0.3, -0.25) is 14.4 Å². The molecule has 0 saturated carbocycles. The Morgan fingerprint density at radius 2 is 1.41 bits per heavy atom. The predicted octanol–water partition coefficient (Wildman–Crippen LogP) is 5.44. The Morgan fingerprint density at radius 1 is 0.848 bits per heavy atom. The number of nitrogens with one attached hydrogen (secondary N) is 2. The van der Waals surface area contributed by atoms with Crippen LogP contribution in [0.25, 0.3) is 11.1 Å². The minimum atomic E-state index is -1.91. The summed E-state index contributed by atoms with van der Waals surface area (Å²) in [7, 11) is 0. The number of ether oxygens (including phenoxy) is 2. The molecule has 0 fully saturated rings. The molecule has 3 aromatic carbocycles. The third kappa shape index (κ3) is 5.40. The monoisotopic (exact) mass is 638 g/mol. The summed E-state index contributed by atoms with van der Waals surface area (Å²) >= 11 is 1.04. The van der Waals surface area contributed by atoms with Crippen molar-refractivity contribution < 1.29 is 33.4 Å². The van der Waals surface area contributed by atoms with E-state index < -0.39 is 35.3 Å². The number of thioether (sulfide) groups is 1. The molecule has 2 atom stereocenters. The molecule has 3 aliphatic rings. The van der Waals surface area contributed by atoms with Crippen LogP contribution in [-0.2, 0) is 19.1 Å². The van der Waals surface area contributed by atoms with Crippen molar-refractivity contribution in [3.05, 3.63) is 106 Å². The van der Waals surface area contributed by atoms with Crippen LogP contribution in [0.2, 0.25) is 0 Å². The molecule has 1 unspecified atom stereocenters. The fraction of sp³-hybridized carbons (Fsp3) is 0.306. The van der Waals surface area contributed by atoms with Gasteiger partial charge in [0.2, 0.25) is 11.7 Å². The van der Waals surface area contributed by atoms with E-state index in [0.29, 0.717) is 0 Å². The Balaban J connectivity index is 1.23. The van der Waals surface area contributed by atoms with E-state index in [0.717, 1.165) is 34.0 Å². The number of fused-ring (bicyclic) bond motifs is 4. The average Bonchev–Trinajstić information content (AvgIpc) is 3.59. The van der Waals surface area contributed by atoms with E-state index in [4.69, 9.17) is 9.47 Å². The molecule has 1 aliphatic heterocycles. The van der Waals surface area contributed by atoms with E-state index in [1.54, 1.807) is 25.1 Å². The highest BCUT2D eigenvalue weighted by molar-refractivity contribution is 8.04. The second kappa shape index (κ2) is 12.6. The van der Waals surface area contributed by atoms with Crippen LogP contribution in [0.1, 0.15) is 65.0 Å². The highest BCUT2D eigenvalue weighted by atomic mass is 32.2. The molecule has 1 heterocycles. The fourth-order valence-electron chi connectivity index (χ4n) is 6.48. The second-order valence-corrected chi connectivity index (χ2v) is 12.9. The van der Waals surface area contributed by atoms with Crippen molar-refractivity contribution in [2.75, 3.05) is 19.0 Å². The number of hydrogen-bond donors (Lipinski definition) is 2. The van der Waals surface area contributed by atoms with E-state index in [1.165, 1.54) is 6.07 Å². The molecule has 0 bridgehead atoms. The topological polar surface area (TPSA) is 128 Å². The van der Waals surface area contributed by atoms with Gasteiger partial charge in [-0.1, -0.05) is 86.6 Å². The lowest BCUT2D eigenvalue weighted by Crippen LogP contribution is -2.62. The summed E-state index contributed by atoms with van der Waals surface area (Å²) in [5.41, 5.74) is 2.69. The van der Waals surface area contributed by atoms with Crippen molar-refractivity contribution in [1.29, 1.82) is 0 Å². The Kier molecular flexibility index (Phi) is 8.57. The van der Waals surface area contributed by atoms with Crippen molar-refractivity contribution in [2.45, 2.75) is 44.7 Å². The van der Waals surface area contributed by atoms with Crippen molar-refractivity contribution in [2.24, 2.45) is 5.92 Å². The molecule has 9 nitrogen and oxygen atoms in total. The maximum atomic E-state index is 14.0. The van der Waals surface area contributed by atoms with Crippen molar-refractivity contribution in [3.63, 3.8) is 0 Å². The molecule has 10 heteroatoms. The fourth-order valence-corrected chi connectivity index (χ4v) is 7.83. The Labute approximate surface area is 271 Å². The van der Waals surface area contributed by atoms with Crippen LogP contribution in [0.4, 0.5) is 4.79 Å². The summed E-state index contributed by atoms with van der Waals surface area (Å²) in [4.78, 5) is 68.0. The van der Waals surface area contributed by atoms with Crippen LogP contribution in [0.3, 0.4) is 0 Å². The van der Waals surface area contributed by atoms with Gasteiger partial charge in [0.25, 0.3) is 0 Å². The maximum Gasteiger partial charge on any atom is 0.407 e. The van der Waals surface area contributed by atoms with E-state index >= 15 is 0 Å². The van der Waals surface area contributed by atoms with Crippen LogP contribution in [0, 0.1) is 5.92 Å². The SMILES string of the molecule is CCOC(=O)C1(NC(=O)[C@H](CC(C)C)NC(=O)OCC2c3ccccc3-c3ccccc32)CSC2=C1C(=O)c1ccccc1C2=O. The van der Waals surface area contributed by atoms with E-state index in [2.05, 4.69) is 10.6 Å². The van der Waals surface area contributed by atoms with Gasteiger partial charge in [-0.25, -0.2) is 9.59 Å². The molecular weight excluding hydrogens is 604 g/mol. The first-order valence-electron chi connectivity index (χ1n) is 15.3. The van der Waals surface area contributed by atoms with Gasteiger partial charge in [-0.05, 0) is 41.5 Å². The van der Waals surface area contributed by atoms with Gasteiger partial charge >= 0.3 is 12.1 Å². The summed E-state index contributed by atoms with van der Waals surface area (Å²) in [5, 5.41) is 5.45. The standard InChI is InChI=1S/C36H34N2O7S/c1-4-44-34(42)36(19-46-32-29(36)30(39)25-15-9-10-16-26(25)31(32)40)38-33(41)28(17-20(2)3)37-35(43)45-18-27-23-13-7-5-11-21(23)22-12-6-8-14-24(22)27/h5-16,20,27-28H,4,17-19H2,1-3H3,(H,37,43)(H,38,41)/t28-,36?/m0/s1. The quantitative estimate of drug-likeness (QED) is 0.297. The number of esters is 1. The zero-order valence-electron chi connectivity index (χ0n) is 25.8. The number of rotatable bonds is 9. The number of hydrogen-bond acceptors (Lipinski definition) is 8. The average molecular weight is 639 g/mol. The smallest absolute Gasteiger partial charge is 0.407 e. The van der Waals surface area contributed by atoms with E-state index in [-0.39, 0.29) is 64.6 Å². The Hall–Kier alpha value is -4.70. The lowest BCUT2D eigenvalue weighted by molar-refractivity contribution is -0.150. The molecule has 2 aliphatic carbocycles. The molecule has 2 amide bonds. The normalized spacial score (nSPS) is 18.8. The maximum absolute atomic E-state index is 14.0. The van der Waals surface area contributed by atoms with E-state index in [9.17, 15) is 24.0 Å². The summed E-state index contributed by atoms with van der Waals surface area (Å²) in [6, 6.07) is 21.3. The van der Waals surface area contributed by atoms with E-state index in [1.807, 2.05) is 62.4 Å². The van der Waals surface area contributed by atoms with Gasteiger partial charge in [0.05, 0.1) is 17.1 Å². The van der Waals surface area contributed by atoms with Crippen LogP contribution in [0.5, 0.6) is 0 Å². The molecule has 2 N–H and O–H groups in total. The van der Waals surface area contributed by atoms with Gasteiger partial charge in [0, 0.05) is 22.8 Å². The summed E-state index contributed by atoms with van der Waals surface area (Å²) in [6.45, 7) is 5.47. The van der Waals surface area contributed by atoms with Crippen LogP contribution in [-0.4, -0.2) is 60.1 Å². The molecule has 0 saturated heterocycles. The molecule has 0 spiro atoms. The third-order valence-electron chi connectivity index (χ3n) is 8.56. The lowest BCUT2D eigenvalue weighted by atomic mass is 9.79. The minimum Gasteiger partial charge on any atom is -0.464 e. The van der Waals surface area contributed by atoms with Gasteiger partial charge in [-0.2, -0.15) is 0 Å². The van der Waals surface area contributed by atoms with Crippen LogP contribution >= 0.6 is 11.8 Å². The number of benzene rings is 3. The third-order valence-corrected chi connectivity index (χ3v) is 9.81. The van der Waals surface area contributed by atoms with Gasteiger partial charge in [-0.15, -0.1) is 11.8 Å². The summed E-state index contributed by atoms with van der Waals surface area (Å²) in [5.74, 6) is -2.73. The van der Waals surface area contributed by atoms with Crippen molar-refractivity contribution >= 4 is 41.3 Å².